The highest BCUT2D eigenvalue weighted by molar-refractivity contribution is 6.20. The van der Waals surface area contributed by atoms with Crippen molar-refractivity contribution in [1.29, 1.82) is 5.26 Å². The molecule has 210 valence electrons. The van der Waals surface area contributed by atoms with Gasteiger partial charge in [-0.15, -0.1) is 0 Å². The summed E-state index contributed by atoms with van der Waals surface area (Å²) in [6.45, 7) is 6.18. The molecule has 2 amide bonds. The predicted molar refractivity (Wildman–Crippen MR) is 162 cm³/mol. The molecule has 3 aromatic carbocycles. The van der Waals surface area contributed by atoms with E-state index in [1.807, 2.05) is 97.2 Å². The van der Waals surface area contributed by atoms with Crippen molar-refractivity contribution in [2.24, 2.45) is 0 Å². The molecular weight excluding hydrogens is 524 g/mol. The van der Waals surface area contributed by atoms with Crippen molar-refractivity contribution < 1.29 is 14.3 Å². The number of para-hydroxylation sites is 1. The molecule has 0 bridgehead atoms. The van der Waals surface area contributed by atoms with Gasteiger partial charge in [0, 0.05) is 22.9 Å². The molecule has 1 aliphatic heterocycles. The molecule has 0 saturated carbocycles. The molecule has 1 unspecified atom stereocenters. The van der Waals surface area contributed by atoms with Crippen molar-refractivity contribution in [2.45, 2.75) is 39.7 Å². The number of nitriles is 1. The fourth-order valence-corrected chi connectivity index (χ4v) is 4.99. The first kappa shape index (κ1) is 28.3. The SMILES string of the molecule is CCCCOc1cccc(-c2nn(-c3ccccc3)cc2/C=C2/C(=O)N(C(C)c3ccccc3)C(=O)C(C#N)=C2C)c1. The molecule has 42 heavy (non-hydrogen) atoms. The number of imide groups is 1. The second kappa shape index (κ2) is 12.5. The normalized spacial score (nSPS) is 15.2. The van der Waals surface area contributed by atoms with Crippen LogP contribution in [0.5, 0.6) is 5.75 Å². The van der Waals surface area contributed by atoms with E-state index >= 15 is 0 Å². The summed E-state index contributed by atoms with van der Waals surface area (Å²) in [6, 6.07) is 28.2. The lowest BCUT2D eigenvalue weighted by Crippen LogP contribution is -2.44. The van der Waals surface area contributed by atoms with E-state index < -0.39 is 17.9 Å². The molecule has 7 heteroatoms. The van der Waals surface area contributed by atoms with Gasteiger partial charge in [-0.3, -0.25) is 14.5 Å². The van der Waals surface area contributed by atoms with Crippen molar-refractivity contribution in [3.63, 3.8) is 0 Å². The van der Waals surface area contributed by atoms with E-state index in [0.717, 1.165) is 35.4 Å². The number of aromatic nitrogens is 2. The summed E-state index contributed by atoms with van der Waals surface area (Å²) in [5.74, 6) is -0.313. The Morgan fingerprint density at radius 2 is 1.69 bits per heavy atom. The Balaban J connectivity index is 1.64. The topological polar surface area (TPSA) is 88.2 Å². The third-order valence-electron chi connectivity index (χ3n) is 7.38. The quantitative estimate of drug-likeness (QED) is 0.125. The number of carbonyl (C=O) groups is 2. The molecule has 5 rings (SSSR count). The molecule has 0 N–H and O–H groups in total. The van der Waals surface area contributed by atoms with Gasteiger partial charge in [0.2, 0.25) is 0 Å². The van der Waals surface area contributed by atoms with E-state index in [2.05, 4.69) is 6.92 Å². The van der Waals surface area contributed by atoms with Crippen molar-refractivity contribution in [3.8, 4) is 28.8 Å². The maximum Gasteiger partial charge on any atom is 0.272 e. The monoisotopic (exact) mass is 556 g/mol. The van der Waals surface area contributed by atoms with E-state index in [4.69, 9.17) is 9.84 Å². The van der Waals surface area contributed by atoms with Gasteiger partial charge in [-0.05, 0) is 61.7 Å². The molecule has 2 heterocycles. The van der Waals surface area contributed by atoms with Crippen LogP contribution in [0.25, 0.3) is 23.0 Å². The second-order valence-corrected chi connectivity index (χ2v) is 10.2. The Labute approximate surface area is 246 Å². The van der Waals surface area contributed by atoms with Crippen LogP contribution in [0.4, 0.5) is 0 Å². The lowest BCUT2D eigenvalue weighted by molar-refractivity contribution is -0.143. The smallest absolute Gasteiger partial charge is 0.272 e. The molecule has 1 aromatic heterocycles. The number of carbonyl (C=O) groups excluding carboxylic acids is 2. The minimum atomic E-state index is -0.592. The zero-order chi connectivity index (χ0) is 29.6. The highest BCUT2D eigenvalue weighted by Gasteiger charge is 2.39. The van der Waals surface area contributed by atoms with E-state index in [9.17, 15) is 14.9 Å². The maximum atomic E-state index is 14.0. The third kappa shape index (κ3) is 5.65. The molecule has 0 saturated heterocycles. The zero-order valence-corrected chi connectivity index (χ0v) is 23.9. The molecule has 4 aromatic rings. The molecular formula is C35H32N4O3. The van der Waals surface area contributed by atoms with E-state index in [1.165, 1.54) is 4.90 Å². The van der Waals surface area contributed by atoms with Crippen LogP contribution in [0, 0.1) is 11.3 Å². The minimum absolute atomic E-state index is 0.0491. The first-order valence-electron chi connectivity index (χ1n) is 14.1. The minimum Gasteiger partial charge on any atom is -0.494 e. The first-order chi connectivity index (χ1) is 20.4. The average molecular weight is 557 g/mol. The summed E-state index contributed by atoms with van der Waals surface area (Å²) in [6.07, 6.45) is 5.58. The molecule has 0 spiro atoms. The predicted octanol–water partition coefficient (Wildman–Crippen LogP) is 7.07. The van der Waals surface area contributed by atoms with Crippen LogP contribution < -0.4 is 4.74 Å². The number of unbranched alkanes of at least 4 members (excludes halogenated alkanes) is 1. The number of rotatable bonds is 9. The number of benzene rings is 3. The maximum absolute atomic E-state index is 14.0. The van der Waals surface area contributed by atoms with Gasteiger partial charge >= 0.3 is 0 Å². The van der Waals surface area contributed by atoms with Gasteiger partial charge < -0.3 is 4.74 Å². The van der Waals surface area contributed by atoms with Gasteiger partial charge in [-0.1, -0.05) is 74.0 Å². The van der Waals surface area contributed by atoms with Crippen LogP contribution in [-0.2, 0) is 9.59 Å². The van der Waals surface area contributed by atoms with Gasteiger partial charge in [0.25, 0.3) is 11.8 Å². The van der Waals surface area contributed by atoms with Crippen LogP contribution in [-0.4, -0.2) is 33.1 Å². The van der Waals surface area contributed by atoms with Gasteiger partial charge in [-0.25, -0.2) is 4.68 Å². The zero-order valence-electron chi connectivity index (χ0n) is 23.9. The Bertz CT molecular complexity index is 1710. The standard InChI is InChI=1S/C35H32N4O3/c1-4-5-19-42-30-18-12-15-27(20-30)33-28(23-38(37-33)29-16-10-7-11-17-29)21-31-24(2)32(22-36)35(41)39(34(31)40)25(3)26-13-8-6-9-14-26/h6-18,20-21,23,25H,4-5,19H2,1-3H3/b31-21+. The Morgan fingerprint density at radius 1 is 0.976 bits per heavy atom. The highest BCUT2D eigenvalue weighted by Crippen LogP contribution is 2.35. The average Bonchev–Trinajstić information content (AvgIpc) is 3.45. The highest BCUT2D eigenvalue weighted by atomic mass is 16.5. The summed E-state index contributed by atoms with van der Waals surface area (Å²) in [7, 11) is 0. The Morgan fingerprint density at radius 3 is 2.38 bits per heavy atom. The van der Waals surface area contributed by atoms with Gasteiger partial charge in [0.15, 0.2) is 0 Å². The number of hydrogen-bond donors (Lipinski definition) is 0. The molecule has 1 atom stereocenters. The fraction of sp³-hybridized carbons (Fsp3) is 0.200. The molecule has 0 fully saturated rings. The summed E-state index contributed by atoms with van der Waals surface area (Å²) < 4.78 is 7.72. The van der Waals surface area contributed by atoms with Crippen LogP contribution in [0.3, 0.4) is 0 Å². The van der Waals surface area contributed by atoms with Gasteiger partial charge in [-0.2, -0.15) is 10.4 Å². The summed E-state index contributed by atoms with van der Waals surface area (Å²) in [5.41, 5.74) is 4.36. The van der Waals surface area contributed by atoms with Crippen LogP contribution in [0.1, 0.15) is 50.8 Å². The third-order valence-corrected chi connectivity index (χ3v) is 7.38. The molecule has 7 nitrogen and oxygen atoms in total. The number of nitrogens with zero attached hydrogens (tertiary/aromatic N) is 4. The first-order valence-corrected chi connectivity index (χ1v) is 14.1. The Kier molecular flexibility index (Phi) is 8.44. The lowest BCUT2D eigenvalue weighted by Gasteiger charge is -2.32. The fourth-order valence-electron chi connectivity index (χ4n) is 4.99. The van der Waals surface area contributed by atoms with Gasteiger partial charge in [0.1, 0.15) is 23.1 Å². The molecule has 0 radical (unpaired) electrons. The van der Waals surface area contributed by atoms with Crippen molar-refractivity contribution in [2.75, 3.05) is 6.61 Å². The van der Waals surface area contributed by atoms with Crippen molar-refractivity contribution >= 4 is 17.9 Å². The van der Waals surface area contributed by atoms with E-state index in [-0.39, 0.29) is 11.1 Å². The van der Waals surface area contributed by atoms with Gasteiger partial charge in [0.05, 0.1) is 18.3 Å². The van der Waals surface area contributed by atoms with Crippen LogP contribution in [0.2, 0.25) is 0 Å². The van der Waals surface area contributed by atoms with Crippen molar-refractivity contribution in [3.05, 3.63) is 119 Å². The number of ether oxygens (including phenoxy) is 1. The largest absolute Gasteiger partial charge is 0.494 e. The number of hydrogen-bond acceptors (Lipinski definition) is 5. The van der Waals surface area contributed by atoms with E-state index in [1.54, 1.807) is 24.6 Å². The van der Waals surface area contributed by atoms with Crippen LogP contribution in [0.15, 0.2) is 108 Å². The molecule has 1 aliphatic rings. The second-order valence-electron chi connectivity index (χ2n) is 10.2. The summed E-state index contributed by atoms with van der Waals surface area (Å²) >= 11 is 0. The van der Waals surface area contributed by atoms with Crippen molar-refractivity contribution in [1.82, 2.24) is 14.7 Å². The molecule has 0 aliphatic carbocycles. The van der Waals surface area contributed by atoms with E-state index in [0.29, 0.717) is 23.4 Å². The van der Waals surface area contributed by atoms with Crippen LogP contribution >= 0.6 is 0 Å². The Hall–Kier alpha value is -5.22. The number of amides is 2. The summed E-state index contributed by atoms with van der Waals surface area (Å²) in [5, 5.41) is 14.9. The summed E-state index contributed by atoms with van der Waals surface area (Å²) in [4.78, 5) is 28.6. The lowest BCUT2D eigenvalue weighted by atomic mass is 9.91.